The van der Waals surface area contributed by atoms with Crippen LogP contribution in [0.1, 0.15) is 23.9 Å². The first-order chi connectivity index (χ1) is 17.9. The number of nitrogens with zero attached hydrogens (tertiary/aromatic N) is 6. The van der Waals surface area contributed by atoms with Gasteiger partial charge in [-0.05, 0) is 32.2 Å². The summed E-state index contributed by atoms with van der Waals surface area (Å²) in [6.45, 7) is 8.68. The van der Waals surface area contributed by atoms with Gasteiger partial charge in [0.25, 0.3) is 11.1 Å². The molecule has 1 saturated heterocycles. The van der Waals surface area contributed by atoms with E-state index in [0.717, 1.165) is 35.1 Å². The van der Waals surface area contributed by atoms with Crippen LogP contribution in [0.3, 0.4) is 0 Å². The number of anilines is 1. The molecule has 0 atom stereocenters. The number of benzene rings is 1. The number of fused-ring (bicyclic) bond motifs is 2. The molecule has 10 nitrogen and oxygen atoms in total. The van der Waals surface area contributed by atoms with Crippen LogP contribution in [0.25, 0.3) is 21.8 Å². The molecule has 192 valence electrons. The van der Waals surface area contributed by atoms with Gasteiger partial charge in [-0.15, -0.1) is 5.92 Å². The van der Waals surface area contributed by atoms with Crippen molar-refractivity contribution >= 4 is 27.8 Å². The van der Waals surface area contributed by atoms with Crippen molar-refractivity contribution in [2.75, 3.05) is 37.7 Å². The number of piperazine rings is 1. The van der Waals surface area contributed by atoms with Crippen molar-refractivity contribution in [3.8, 4) is 11.8 Å². The summed E-state index contributed by atoms with van der Waals surface area (Å²) in [7, 11) is 0. The third-order valence-electron chi connectivity index (χ3n) is 6.73. The molecular weight excluding hydrogens is 470 g/mol. The first-order valence-electron chi connectivity index (χ1n) is 12.5. The molecular formula is C27H31N7O3. The van der Waals surface area contributed by atoms with E-state index in [-0.39, 0.29) is 42.8 Å². The summed E-state index contributed by atoms with van der Waals surface area (Å²) in [4.78, 5) is 39.3. The number of hydrogen-bond acceptors (Lipinski definition) is 7. The van der Waals surface area contributed by atoms with Crippen molar-refractivity contribution in [2.24, 2.45) is 0 Å². The van der Waals surface area contributed by atoms with Crippen LogP contribution in [-0.4, -0.2) is 61.8 Å². The maximum atomic E-state index is 14.1. The van der Waals surface area contributed by atoms with E-state index in [1.165, 1.54) is 9.36 Å². The number of pyridine rings is 1. The van der Waals surface area contributed by atoms with Crippen LogP contribution in [0, 0.1) is 25.7 Å². The standard InChI is InChI=1S/C27H31N7O3/c1-4-5-10-32-24-23(30-27(32)31-11-8-28-9-12-31)25(36)33(13-14-35)34(26(24)37)17-22-21-7-6-18(2)15-20(21)16-19(3)29-22/h6-7,15-16,28,35H,8-14,17H2,1-3H3. The maximum absolute atomic E-state index is 14.1. The largest absolute Gasteiger partial charge is 0.394 e. The first-order valence-corrected chi connectivity index (χ1v) is 12.5. The number of aliphatic hydroxyl groups excluding tert-OH is 1. The Morgan fingerprint density at radius 1 is 1.05 bits per heavy atom. The second kappa shape index (κ2) is 10.2. The fraction of sp³-hybridized carbons (Fsp3) is 0.407. The van der Waals surface area contributed by atoms with Crippen LogP contribution >= 0.6 is 0 Å². The van der Waals surface area contributed by atoms with E-state index in [4.69, 9.17) is 4.98 Å². The molecule has 3 aromatic heterocycles. The topological polar surface area (TPSA) is 110 Å². The lowest BCUT2D eigenvalue weighted by atomic mass is 10.1. The summed E-state index contributed by atoms with van der Waals surface area (Å²) in [5.41, 5.74) is 2.17. The molecule has 4 aromatic rings. The average Bonchev–Trinajstić information content (AvgIpc) is 3.28. The van der Waals surface area contributed by atoms with Gasteiger partial charge in [0.15, 0.2) is 5.52 Å². The fourth-order valence-corrected chi connectivity index (χ4v) is 5.02. The Bertz CT molecular complexity index is 1660. The van der Waals surface area contributed by atoms with Crippen LogP contribution in [-0.2, 0) is 19.6 Å². The van der Waals surface area contributed by atoms with Crippen molar-refractivity contribution in [3.63, 3.8) is 0 Å². The van der Waals surface area contributed by atoms with E-state index >= 15 is 0 Å². The molecule has 0 bridgehead atoms. The number of hydrogen-bond donors (Lipinski definition) is 2. The van der Waals surface area contributed by atoms with Gasteiger partial charge in [0.2, 0.25) is 5.95 Å². The molecule has 10 heteroatoms. The molecule has 5 rings (SSSR count). The van der Waals surface area contributed by atoms with Crippen LogP contribution in [0.2, 0.25) is 0 Å². The number of aliphatic hydroxyl groups is 1. The molecule has 1 aromatic carbocycles. The van der Waals surface area contributed by atoms with Crippen molar-refractivity contribution in [3.05, 3.63) is 61.9 Å². The van der Waals surface area contributed by atoms with Crippen molar-refractivity contribution in [1.82, 2.24) is 29.2 Å². The van der Waals surface area contributed by atoms with Gasteiger partial charge < -0.3 is 15.3 Å². The monoisotopic (exact) mass is 501 g/mol. The van der Waals surface area contributed by atoms with Crippen molar-refractivity contribution in [1.29, 1.82) is 0 Å². The molecule has 1 fully saturated rings. The summed E-state index contributed by atoms with van der Waals surface area (Å²) >= 11 is 0. The van der Waals surface area contributed by atoms with E-state index < -0.39 is 5.56 Å². The third kappa shape index (κ3) is 4.52. The molecule has 0 unspecified atom stereocenters. The summed E-state index contributed by atoms with van der Waals surface area (Å²) < 4.78 is 4.44. The Morgan fingerprint density at radius 2 is 1.84 bits per heavy atom. The molecule has 37 heavy (non-hydrogen) atoms. The smallest absolute Gasteiger partial charge is 0.293 e. The van der Waals surface area contributed by atoms with Crippen LogP contribution in [0.4, 0.5) is 5.95 Å². The molecule has 4 heterocycles. The Morgan fingerprint density at radius 3 is 2.57 bits per heavy atom. The van der Waals surface area contributed by atoms with Gasteiger partial charge in [0.05, 0.1) is 31.9 Å². The second-order valence-electron chi connectivity index (χ2n) is 9.31. The zero-order valence-corrected chi connectivity index (χ0v) is 21.4. The second-order valence-corrected chi connectivity index (χ2v) is 9.31. The molecule has 0 spiro atoms. The maximum Gasteiger partial charge on any atom is 0.293 e. The van der Waals surface area contributed by atoms with E-state index in [2.05, 4.69) is 33.1 Å². The highest BCUT2D eigenvalue weighted by molar-refractivity contribution is 5.85. The minimum atomic E-state index is -0.420. The molecule has 2 N–H and O–H groups in total. The van der Waals surface area contributed by atoms with E-state index in [1.54, 1.807) is 11.5 Å². The van der Waals surface area contributed by atoms with Crippen LogP contribution in [0.5, 0.6) is 0 Å². The summed E-state index contributed by atoms with van der Waals surface area (Å²) in [6, 6.07) is 8.09. The average molecular weight is 502 g/mol. The lowest BCUT2D eigenvalue weighted by molar-refractivity contribution is 0.252. The summed E-state index contributed by atoms with van der Waals surface area (Å²) in [5.74, 6) is 6.49. The lowest BCUT2D eigenvalue weighted by Gasteiger charge is -2.28. The first kappa shape index (κ1) is 24.7. The number of nitrogens with one attached hydrogen (secondary N) is 1. The van der Waals surface area contributed by atoms with Gasteiger partial charge in [-0.3, -0.25) is 19.1 Å². The predicted molar refractivity (Wildman–Crippen MR) is 144 cm³/mol. The summed E-state index contributed by atoms with van der Waals surface area (Å²) in [6.07, 6.45) is 0. The molecule has 0 saturated carbocycles. The number of aromatic nitrogens is 5. The predicted octanol–water partition coefficient (Wildman–Crippen LogP) is 0.998. The quantitative estimate of drug-likeness (QED) is 0.379. The summed E-state index contributed by atoms with van der Waals surface area (Å²) in [5, 5.41) is 15.0. The van der Waals surface area contributed by atoms with E-state index in [0.29, 0.717) is 24.7 Å². The van der Waals surface area contributed by atoms with Crippen molar-refractivity contribution < 1.29 is 5.11 Å². The zero-order chi connectivity index (χ0) is 26.1. The van der Waals surface area contributed by atoms with Crippen molar-refractivity contribution in [2.45, 2.75) is 40.4 Å². The highest BCUT2D eigenvalue weighted by atomic mass is 16.3. The number of rotatable bonds is 6. The lowest BCUT2D eigenvalue weighted by Crippen LogP contribution is -2.44. The minimum absolute atomic E-state index is 0.0303. The highest BCUT2D eigenvalue weighted by Crippen LogP contribution is 2.22. The van der Waals surface area contributed by atoms with E-state index in [1.807, 2.05) is 32.0 Å². The van der Waals surface area contributed by atoms with Crippen LogP contribution < -0.4 is 21.3 Å². The molecule has 1 aliphatic rings. The molecule has 0 aliphatic carbocycles. The van der Waals surface area contributed by atoms with Gasteiger partial charge in [0.1, 0.15) is 5.52 Å². The third-order valence-corrected chi connectivity index (χ3v) is 6.73. The zero-order valence-electron chi connectivity index (χ0n) is 21.4. The fourth-order valence-electron chi connectivity index (χ4n) is 5.02. The SMILES string of the molecule is CC#CCn1c(N2CCNCC2)nc2c(=O)n(CCO)n(Cc3nc(C)cc4cc(C)ccc34)c(=O)c21. The number of aryl methyl sites for hydroxylation is 2. The minimum Gasteiger partial charge on any atom is -0.394 e. The Kier molecular flexibility index (Phi) is 6.82. The van der Waals surface area contributed by atoms with Crippen LogP contribution in [0.15, 0.2) is 33.9 Å². The number of imidazole rings is 1. The highest BCUT2D eigenvalue weighted by Gasteiger charge is 2.25. The normalized spacial score (nSPS) is 13.8. The molecule has 0 amide bonds. The Balaban J connectivity index is 1.77. The molecule has 1 aliphatic heterocycles. The van der Waals surface area contributed by atoms with E-state index in [9.17, 15) is 14.7 Å². The van der Waals surface area contributed by atoms with Gasteiger partial charge in [-0.25, -0.2) is 14.3 Å². The van der Waals surface area contributed by atoms with Gasteiger partial charge in [-0.2, -0.15) is 0 Å². The molecule has 0 radical (unpaired) electrons. The van der Waals surface area contributed by atoms with Gasteiger partial charge in [0, 0.05) is 37.3 Å². The Hall–Kier alpha value is -3.94. The Labute approximate surface area is 214 Å². The van der Waals surface area contributed by atoms with Gasteiger partial charge in [-0.1, -0.05) is 29.7 Å². The van der Waals surface area contributed by atoms with Gasteiger partial charge >= 0.3 is 0 Å².